The molecule has 0 bridgehead atoms. The summed E-state index contributed by atoms with van der Waals surface area (Å²) in [7, 11) is 0. The van der Waals surface area contributed by atoms with Gasteiger partial charge in [-0.1, -0.05) is 39.2 Å². The van der Waals surface area contributed by atoms with Crippen LogP contribution < -0.4 is 5.32 Å². The molecule has 1 fully saturated rings. The molecule has 2 rings (SSSR count). The van der Waals surface area contributed by atoms with Crippen molar-refractivity contribution in [3.63, 3.8) is 0 Å². The zero-order chi connectivity index (χ0) is 15.1. The van der Waals surface area contributed by atoms with E-state index in [1.54, 1.807) is 6.07 Å². The van der Waals surface area contributed by atoms with Gasteiger partial charge in [0.05, 0.1) is 6.61 Å². The Balaban J connectivity index is 1.74. The normalized spacial score (nSPS) is 15.4. The molecule has 2 nitrogen and oxygen atoms in total. The van der Waals surface area contributed by atoms with E-state index in [2.05, 4.69) is 19.2 Å². The molecule has 0 heterocycles. The van der Waals surface area contributed by atoms with Crippen molar-refractivity contribution in [3.8, 4) is 0 Å². The van der Waals surface area contributed by atoms with Crippen LogP contribution in [0, 0.1) is 17.7 Å². The lowest BCUT2D eigenvalue weighted by Gasteiger charge is -2.24. The largest absolute Gasteiger partial charge is 0.377 e. The van der Waals surface area contributed by atoms with Gasteiger partial charge < -0.3 is 10.1 Å². The fourth-order valence-corrected chi connectivity index (χ4v) is 2.57. The predicted octanol–water partition coefficient (Wildman–Crippen LogP) is 4.28. The Labute approximate surface area is 128 Å². The number of halogens is 1. The van der Waals surface area contributed by atoms with Crippen LogP contribution >= 0.6 is 0 Å². The first-order valence-corrected chi connectivity index (χ1v) is 8.21. The van der Waals surface area contributed by atoms with Crippen molar-refractivity contribution in [2.75, 3.05) is 13.2 Å². The minimum atomic E-state index is -0.161. The van der Waals surface area contributed by atoms with Gasteiger partial charge in [-0.3, -0.25) is 0 Å². The van der Waals surface area contributed by atoms with E-state index in [0.717, 1.165) is 37.6 Å². The fourth-order valence-electron chi connectivity index (χ4n) is 2.57. The van der Waals surface area contributed by atoms with Crippen LogP contribution in [0.15, 0.2) is 18.2 Å². The van der Waals surface area contributed by atoms with Gasteiger partial charge in [0.1, 0.15) is 5.82 Å². The Morgan fingerprint density at radius 3 is 2.81 bits per heavy atom. The number of benzene rings is 1. The van der Waals surface area contributed by atoms with Crippen molar-refractivity contribution in [1.29, 1.82) is 0 Å². The van der Waals surface area contributed by atoms with E-state index in [-0.39, 0.29) is 5.82 Å². The van der Waals surface area contributed by atoms with E-state index in [4.69, 9.17) is 4.74 Å². The summed E-state index contributed by atoms with van der Waals surface area (Å²) in [4.78, 5) is 0. The van der Waals surface area contributed by atoms with Gasteiger partial charge in [0, 0.05) is 18.7 Å². The van der Waals surface area contributed by atoms with E-state index < -0.39 is 0 Å². The second-order valence-electron chi connectivity index (χ2n) is 6.59. The highest BCUT2D eigenvalue weighted by Gasteiger charge is 2.16. The maximum Gasteiger partial charge on any atom is 0.128 e. The molecule has 0 aliphatic heterocycles. The summed E-state index contributed by atoms with van der Waals surface area (Å²) >= 11 is 0. The first-order valence-electron chi connectivity index (χ1n) is 8.21. The molecule has 0 radical (unpaired) electrons. The van der Waals surface area contributed by atoms with Gasteiger partial charge in [-0.25, -0.2) is 4.39 Å². The summed E-state index contributed by atoms with van der Waals surface area (Å²) in [6.45, 7) is 7.26. The third-order valence-electron chi connectivity index (χ3n) is 4.14. The summed E-state index contributed by atoms with van der Waals surface area (Å²) in [6, 6.07) is 5.32. The van der Waals surface area contributed by atoms with Gasteiger partial charge in [-0.05, 0) is 42.5 Å². The molecule has 0 spiro atoms. The van der Waals surface area contributed by atoms with E-state index in [9.17, 15) is 4.39 Å². The van der Waals surface area contributed by atoms with E-state index in [1.165, 1.54) is 19.3 Å². The fraction of sp³-hybridized carbons (Fsp3) is 0.667. The van der Waals surface area contributed by atoms with E-state index >= 15 is 0 Å². The Kier molecular flexibility index (Phi) is 6.65. The molecule has 1 aromatic carbocycles. The Morgan fingerprint density at radius 2 is 2.14 bits per heavy atom. The van der Waals surface area contributed by atoms with Crippen molar-refractivity contribution < 1.29 is 9.13 Å². The van der Waals surface area contributed by atoms with Gasteiger partial charge in [-0.15, -0.1) is 0 Å². The zero-order valence-corrected chi connectivity index (χ0v) is 13.3. The van der Waals surface area contributed by atoms with Crippen molar-refractivity contribution in [2.24, 2.45) is 11.8 Å². The van der Waals surface area contributed by atoms with Crippen LogP contribution in [0.25, 0.3) is 0 Å². The van der Waals surface area contributed by atoms with Gasteiger partial charge in [0.25, 0.3) is 0 Å². The van der Waals surface area contributed by atoms with Gasteiger partial charge in [0.2, 0.25) is 0 Å². The molecule has 0 unspecified atom stereocenters. The molecular formula is C18H28FNO. The topological polar surface area (TPSA) is 21.3 Å². The summed E-state index contributed by atoms with van der Waals surface area (Å²) < 4.78 is 19.4. The average molecular weight is 293 g/mol. The van der Waals surface area contributed by atoms with Crippen LogP contribution in [0.5, 0.6) is 0 Å². The summed E-state index contributed by atoms with van der Waals surface area (Å²) in [5.41, 5.74) is 1.79. The maximum absolute atomic E-state index is 13.8. The second-order valence-corrected chi connectivity index (χ2v) is 6.59. The summed E-state index contributed by atoms with van der Waals surface area (Å²) in [5, 5.41) is 3.38. The zero-order valence-electron chi connectivity index (χ0n) is 13.3. The third-order valence-corrected chi connectivity index (χ3v) is 4.14. The quantitative estimate of drug-likeness (QED) is 0.686. The van der Waals surface area contributed by atoms with Crippen LogP contribution in [0.3, 0.4) is 0 Å². The predicted molar refractivity (Wildman–Crippen MR) is 84.6 cm³/mol. The molecule has 1 aromatic rings. The summed E-state index contributed by atoms with van der Waals surface area (Å²) in [5.74, 6) is 1.31. The van der Waals surface area contributed by atoms with Crippen LogP contribution in [0.1, 0.15) is 50.7 Å². The molecule has 1 aliphatic carbocycles. The van der Waals surface area contributed by atoms with Crippen LogP contribution in [0.2, 0.25) is 0 Å². The molecular weight excluding hydrogens is 265 g/mol. The lowest BCUT2D eigenvalue weighted by Crippen LogP contribution is -2.19. The van der Waals surface area contributed by atoms with Gasteiger partial charge >= 0.3 is 0 Å². The summed E-state index contributed by atoms with van der Waals surface area (Å²) in [6.07, 6.45) is 5.17. The van der Waals surface area contributed by atoms with Crippen LogP contribution in [-0.4, -0.2) is 13.2 Å². The Morgan fingerprint density at radius 1 is 1.33 bits per heavy atom. The highest BCUT2D eigenvalue weighted by Crippen LogP contribution is 2.29. The molecule has 1 N–H and O–H groups in total. The molecule has 118 valence electrons. The number of rotatable bonds is 9. The molecule has 0 aromatic heterocycles. The molecule has 0 amide bonds. The van der Waals surface area contributed by atoms with Crippen molar-refractivity contribution in [2.45, 2.75) is 52.7 Å². The van der Waals surface area contributed by atoms with Crippen molar-refractivity contribution in [1.82, 2.24) is 5.32 Å². The number of hydrogen-bond acceptors (Lipinski definition) is 2. The maximum atomic E-state index is 13.8. The lowest BCUT2D eigenvalue weighted by molar-refractivity contribution is 0.0931. The van der Waals surface area contributed by atoms with Crippen LogP contribution in [0.4, 0.5) is 4.39 Å². The molecule has 1 aliphatic rings. The standard InChI is InChI=1S/C18H28FNO/c1-14(2)11-20-12-16-6-7-18(19)17(10-16)13-21-9-8-15-4-3-5-15/h6-7,10,14-15,20H,3-5,8-9,11-13H2,1-2H3. The second kappa shape index (κ2) is 8.50. The molecule has 1 saturated carbocycles. The minimum Gasteiger partial charge on any atom is -0.377 e. The van der Waals surface area contributed by atoms with Crippen LogP contribution in [-0.2, 0) is 17.9 Å². The number of ether oxygens (including phenoxy) is 1. The number of hydrogen-bond donors (Lipinski definition) is 1. The van der Waals surface area contributed by atoms with Gasteiger partial charge in [0.15, 0.2) is 0 Å². The average Bonchev–Trinajstić information content (AvgIpc) is 2.39. The monoisotopic (exact) mass is 293 g/mol. The third kappa shape index (κ3) is 5.76. The minimum absolute atomic E-state index is 0.161. The molecule has 3 heteroatoms. The number of nitrogens with one attached hydrogen (secondary N) is 1. The van der Waals surface area contributed by atoms with E-state index in [1.807, 2.05) is 12.1 Å². The van der Waals surface area contributed by atoms with Gasteiger partial charge in [-0.2, -0.15) is 0 Å². The van der Waals surface area contributed by atoms with Crippen molar-refractivity contribution in [3.05, 3.63) is 35.1 Å². The first-order chi connectivity index (χ1) is 10.1. The highest BCUT2D eigenvalue weighted by atomic mass is 19.1. The Hall–Kier alpha value is -0.930. The Bertz CT molecular complexity index is 429. The molecule has 21 heavy (non-hydrogen) atoms. The highest BCUT2D eigenvalue weighted by molar-refractivity contribution is 5.24. The molecule has 0 saturated heterocycles. The van der Waals surface area contributed by atoms with Crippen molar-refractivity contribution >= 4 is 0 Å². The SMILES string of the molecule is CC(C)CNCc1ccc(F)c(COCCC2CCC2)c1. The van der Waals surface area contributed by atoms with E-state index in [0.29, 0.717) is 18.1 Å². The smallest absolute Gasteiger partial charge is 0.128 e. The lowest BCUT2D eigenvalue weighted by atomic mass is 9.83. The first kappa shape index (κ1) is 16.4. The molecule has 0 atom stereocenters.